The first kappa shape index (κ1) is 27.8. The molecule has 2 aromatic rings. The summed E-state index contributed by atoms with van der Waals surface area (Å²) < 4.78 is 11.6. The molecule has 10 nitrogen and oxygen atoms in total. The Bertz CT molecular complexity index is 1180. The minimum atomic E-state index is -0.561. The summed E-state index contributed by atoms with van der Waals surface area (Å²) in [6.07, 6.45) is 1.83. The van der Waals surface area contributed by atoms with Crippen molar-refractivity contribution in [2.75, 3.05) is 49.2 Å². The van der Waals surface area contributed by atoms with Crippen molar-refractivity contribution in [1.82, 2.24) is 9.80 Å². The molecule has 5 rings (SSSR count). The number of carbonyl (C=O) groups excluding carboxylic acids is 4. The van der Waals surface area contributed by atoms with Crippen LogP contribution in [0.2, 0.25) is 0 Å². The van der Waals surface area contributed by atoms with Crippen molar-refractivity contribution in [3.05, 3.63) is 48.5 Å². The van der Waals surface area contributed by atoms with Gasteiger partial charge in [-0.1, -0.05) is 38.1 Å². The molecule has 10 heteroatoms. The summed E-state index contributed by atoms with van der Waals surface area (Å²) in [7, 11) is 0. The Morgan fingerprint density at radius 3 is 1.38 bits per heavy atom. The molecule has 0 bridgehead atoms. The van der Waals surface area contributed by atoms with Crippen LogP contribution in [-0.4, -0.2) is 84.9 Å². The number of carbonyl (C=O) groups is 4. The average Bonchev–Trinajstić information content (AvgIpc) is 3.44. The molecule has 2 unspecified atom stereocenters. The van der Waals surface area contributed by atoms with Crippen molar-refractivity contribution >= 4 is 35.0 Å². The van der Waals surface area contributed by atoms with Gasteiger partial charge in [0.25, 0.3) is 11.8 Å². The van der Waals surface area contributed by atoms with Crippen molar-refractivity contribution in [1.29, 1.82) is 0 Å². The summed E-state index contributed by atoms with van der Waals surface area (Å²) in [6.45, 7) is 7.04. The highest BCUT2D eigenvalue weighted by Gasteiger charge is 2.47. The van der Waals surface area contributed by atoms with Gasteiger partial charge in [0.1, 0.15) is 11.5 Å². The van der Waals surface area contributed by atoms with Gasteiger partial charge in [0.2, 0.25) is 11.8 Å². The Balaban J connectivity index is 1.24. The molecular formula is C30H36N4O6. The van der Waals surface area contributed by atoms with Gasteiger partial charge in [-0.3, -0.25) is 29.0 Å². The largest absolute Gasteiger partial charge is 0.491 e. The van der Waals surface area contributed by atoms with E-state index < -0.39 is 12.1 Å². The highest BCUT2D eigenvalue weighted by Crippen LogP contribution is 2.35. The second-order valence-electron chi connectivity index (χ2n) is 10.3. The van der Waals surface area contributed by atoms with E-state index in [1.54, 1.807) is 36.4 Å². The lowest BCUT2D eigenvalue weighted by Gasteiger charge is -2.38. The van der Waals surface area contributed by atoms with Gasteiger partial charge in [0, 0.05) is 26.2 Å². The first-order chi connectivity index (χ1) is 19.4. The topological polar surface area (TPSA) is 99.7 Å². The minimum Gasteiger partial charge on any atom is -0.491 e. The molecule has 212 valence electrons. The molecule has 0 aromatic heterocycles. The van der Waals surface area contributed by atoms with Crippen LogP contribution in [0.1, 0.15) is 39.5 Å². The molecule has 3 aliphatic rings. The fourth-order valence-corrected chi connectivity index (χ4v) is 5.62. The number of para-hydroxylation sites is 4. The van der Waals surface area contributed by atoms with Crippen LogP contribution in [-0.2, 0) is 19.2 Å². The number of piperazine rings is 1. The van der Waals surface area contributed by atoms with Crippen molar-refractivity contribution in [2.24, 2.45) is 0 Å². The van der Waals surface area contributed by atoms with E-state index in [1.807, 2.05) is 35.8 Å². The van der Waals surface area contributed by atoms with Gasteiger partial charge in [-0.2, -0.15) is 0 Å². The molecule has 0 radical (unpaired) electrons. The standard InChI is InChI=1S/C30H36N4O6/c1-3-17-39-25-11-7-5-9-21(25)33-27(35)19-23(29(33)37)31-13-15-32(16-14-31)24-20-28(36)34(30(24)38)22-10-6-8-12-26(22)40-18-4-2/h5-12,23-24H,3-4,13-20H2,1-2H3. The van der Waals surface area contributed by atoms with Crippen LogP contribution in [0.5, 0.6) is 11.5 Å². The van der Waals surface area contributed by atoms with Crippen molar-refractivity contribution in [2.45, 2.75) is 51.6 Å². The number of rotatable bonds is 10. The molecule has 3 aliphatic heterocycles. The number of amides is 4. The van der Waals surface area contributed by atoms with Gasteiger partial charge in [0.15, 0.2) is 0 Å². The van der Waals surface area contributed by atoms with E-state index in [9.17, 15) is 19.2 Å². The van der Waals surface area contributed by atoms with Crippen LogP contribution in [0.3, 0.4) is 0 Å². The lowest BCUT2D eigenvalue weighted by atomic mass is 10.1. The number of anilines is 2. The van der Waals surface area contributed by atoms with E-state index in [-0.39, 0.29) is 36.5 Å². The maximum absolute atomic E-state index is 13.5. The van der Waals surface area contributed by atoms with Crippen LogP contribution in [0.4, 0.5) is 11.4 Å². The molecule has 4 amide bonds. The van der Waals surface area contributed by atoms with Crippen LogP contribution in [0.15, 0.2) is 48.5 Å². The number of hydrogen-bond acceptors (Lipinski definition) is 8. The zero-order valence-electron chi connectivity index (χ0n) is 23.1. The van der Waals surface area contributed by atoms with Crippen molar-refractivity contribution in [3.8, 4) is 11.5 Å². The van der Waals surface area contributed by atoms with E-state index in [4.69, 9.17) is 9.47 Å². The maximum Gasteiger partial charge on any atom is 0.251 e. The Morgan fingerprint density at radius 1 is 0.625 bits per heavy atom. The molecule has 0 N–H and O–H groups in total. The number of imide groups is 2. The normalized spacial score (nSPS) is 22.4. The summed E-state index contributed by atoms with van der Waals surface area (Å²) >= 11 is 0. The van der Waals surface area contributed by atoms with Gasteiger partial charge in [-0.25, -0.2) is 9.80 Å². The maximum atomic E-state index is 13.5. The van der Waals surface area contributed by atoms with Crippen molar-refractivity contribution in [3.63, 3.8) is 0 Å². The summed E-state index contributed by atoms with van der Waals surface area (Å²) in [6, 6.07) is 13.1. The molecule has 2 aromatic carbocycles. The van der Waals surface area contributed by atoms with Crippen LogP contribution < -0.4 is 19.3 Å². The minimum absolute atomic E-state index is 0.101. The molecule has 0 spiro atoms. The number of nitrogens with zero attached hydrogens (tertiary/aromatic N) is 4. The third kappa shape index (κ3) is 5.33. The molecule has 3 fully saturated rings. The highest BCUT2D eigenvalue weighted by atomic mass is 16.5. The van der Waals surface area contributed by atoms with E-state index >= 15 is 0 Å². The highest BCUT2D eigenvalue weighted by molar-refractivity contribution is 6.23. The third-order valence-electron chi connectivity index (χ3n) is 7.61. The Kier molecular flexibility index (Phi) is 8.46. The SMILES string of the molecule is CCCOc1ccccc1N1C(=O)CC(N2CCN(C3CC(=O)N(c4ccccc4OCCC)C3=O)CC2)C1=O. The second kappa shape index (κ2) is 12.2. The van der Waals surface area contributed by atoms with Gasteiger partial charge >= 0.3 is 0 Å². The molecule has 3 saturated heterocycles. The summed E-state index contributed by atoms with van der Waals surface area (Å²) in [4.78, 5) is 59.4. The Morgan fingerprint density at radius 2 is 1.00 bits per heavy atom. The molecule has 40 heavy (non-hydrogen) atoms. The monoisotopic (exact) mass is 548 g/mol. The van der Waals surface area contributed by atoms with Gasteiger partial charge in [-0.05, 0) is 37.1 Å². The van der Waals surface area contributed by atoms with Gasteiger partial charge < -0.3 is 9.47 Å². The number of hydrogen-bond donors (Lipinski definition) is 0. The predicted molar refractivity (Wildman–Crippen MR) is 149 cm³/mol. The molecular weight excluding hydrogens is 512 g/mol. The van der Waals surface area contributed by atoms with Crippen LogP contribution in [0, 0.1) is 0 Å². The summed E-state index contributed by atoms with van der Waals surface area (Å²) in [5, 5.41) is 0. The lowest BCUT2D eigenvalue weighted by Crippen LogP contribution is -2.56. The second-order valence-corrected chi connectivity index (χ2v) is 10.3. The zero-order chi connectivity index (χ0) is 28.2. The Hall–Kier alpha value is -3.76. The molecule has 3 heterocycles. The van der Waals surface area contributed by atoms with E-state index in [2.05, 4.69) is 0 Å². The van der Waals surface area contributed by atoms with Gasteiger partial charge in [0.05, 0.1) is 49.5 Å². The van der Waals surface area contributed by atoms with E-state index in [0.29, 0.717) is 62.3 Å². The van der Waals surface area contributed by atoms with Crippen LogP contribution >= 0.6 is 0 Å². The third-order valence-corrected chi connectivity index (χ3v) is 7.61. The lowest BCUT2D eigenvalue weighted by molar-refractivity contribution is -0.126. The summed E-state index contributed by atoms with van der Waals surface area (Å²) in [5.41, 5.74) is 0.955. The molecule has 0 aliphatic carbocycles. The van der Waals surface area contributed by atoms with Crippen molar-refractivity contribution < 1.29 is 28.7 Å². The summed E-state index contributed by atoms with van der Waals surface area (Å²) in [5.74, 6) is 0.0301. The molecule has 2 atom stereocenters. The van der Waals surface area contributed by atoms with E-state index in [0.717, 1.165) is 12.8 Å². The first-order valence-electron chi connectivity index (χ1n) is 14.1. The van der Waals surface area contributed by atoms with Crippen LogP contribution in [0.25, 0.3) is 0 Å². The Labute approximate surface area is 234 Å². The zero-order valence-corrected chi connectivity index (χ0v) is 23.1. The number of ether oxygens (including phenoxy) is 2. The quantitative estimate of drug-likeness (QED) is 0.418. The average molecular weight is 549 g/mol. The fraction of sp³-hybridized carbons (Fsp3) is 0.467. The van der Waals surface area contributed by atoms with Gasteiger partial charge in [-0.15, -0.1) is 0 Å². The first-order valence-corrected chi connectivity index (χ1v) is 14.1. The fourth-order valence-electron chi connectivity index (χ4n) is 5.62. The smallest absolute Gasteiger partial charge is 0.251 e. The predicted octanol–water partition coefficient (Wildman–Crippen LogP) is 2.85. The number of benzene rings is 2. The molecule has 0 saturated carbocycles. The van der Waals surface area contributed by atoms with E-state index in [1.165, 1.54) is 9.80 Å².